The second-order valence-corrected chi connectivity index (χ2v) is 3.90. The molecule has 1 heterocycles. The van der Waals surface area contributed by atoms with Crippen molar-refractivity contribution >= 4 is 26.7 Å². The average Bonchev–Trinajstić information content (AvgIpc) is 2.02. The average molecular weight is 238 g/mol. The Morgan fingerprint density at radius 1 is 1.31 bits per heavy atom. The Morgan fingerprint density at radius 2 is 2.08 bits per heavy atom. The van der Waals surface area contributed by atoms with Gasteiger partial charge < -0.3 is 4.98 Å². The highest BCUT2D eigenvalue weighted by molar-refractivity contribution is 9.10. The molecule has 0 saturated heterocycles. The molecule has 0 fully saturated rings. The van der Waals surface area contributed by atoms with Crippen LogP contribution in [-0.2, 0) is 0 Å². The first-order chi connectivity index (χ1) is 6.16. The van der Waals surface area contributed by atoms with E-state index >= 15 is 0 Å². The van der Waals surface area contributed by atoms with E-state index in [1.54, 1.807) is 12.3 Å². The molecule has 0 unspecified atom stereocenters. The Labute approximate surface area is 83.7 Å². The number of H-pyrrole nitrogens is 1. The third-order valence-corrected chi connectivity index (χ3v) is 2.61. The smallest absolute Gasteiger partial charge is 0.248 e. The number of halogens is 1. The van der Waals surface area contributed by atoms with Gasteiger partial charge in [0.15, 0.2) is 0 Å². The van der Waals surface area contributed by atoms with Gasteiger partial charge in [-0.2, -0.15) is 0 Å². The van der Waals surface area contributed by atoms with Crippen molar-refractivity contribution in [3.63, 3.8) is 0 Å². The van der Waals surface area contributed by atoms with Crippen LogP contribution < -0.4 is 5.56 Å². The monoisotopic (exact) mass is 237 g/mol. The zero-order valence-electron chi connectivity index (χ0n) is 7.10. The predicted octanol–water partition coefficient (Wildman–Crippen LogP) is 2.60. The van der Waals surface area contributed by atoms with Crippen molar-refractivity contribution in [3.8, 4) is 0 Å². The summed E-state index contributed by atoms with van der Waals surface area (Å²) < 4.78 is 1.01. The van der Waals surface area contributed by atoms with Crippen molar-refractivity contribution < 1.29 is 0 Å². The minimum absolute atomic E-state index is 0.0648. The number of rotatable bonds is 0. The van der Waals surface area contributed by atoms with Crippen LogP contribution in [0.2, 0.25) is 0 Å². The van der Waals surface area contributed by atoms with E-state index in [2.05, 4.69) is 20.9 Å². The lowest BCUT2D eigenvalue weighted by molar-refractivity contribution is 1.26. The molecule has 0 radical (unpaired) electrons. The molecule has 0 amide bonds. The van der Waals surface area contributed by atoms with E-state index < -0.39 is 0 Å². The lowest BCUT2D eigenvalue weighted by atomic mass is 10.1. The third-order valence-electron chi connectivity index (χ3n) is 1.95. The zero-order chi connectivity index (χ0) is 9.42. The molecular weight excluding hydrogens is 230 g/mol. The largest absolute Gasteiger partial charge is 0.328 e. The van der Waals surface area contributed by atoms with Gasteiger partial charge in [0, 0.05) is 22.1 Å². The number of hydrogen-bond donors (Lipinski definition) is 1. The van der Waals surface area contributed by atoms with Crippen LogP contribution in [0.3, 0.4) is 0 Å². The minimum atomic E-state index is -0.0648. The Hall–Kier alpha value is -1.09. The van der Waals surface area contributed by atoms with Gasteiger partial charge in [-0.1, -0.05) is 22.0 Å². The van der Waals surface area contributed by atoms with Gasteiger partial charge in [0.2, 0.25) is 5.56 Å². The van der Waals surface area contributed by atoms with E-state index in [0.717, 1.165) is 20.8 Å². The van der Waals surface area contributed by atoms with Gasteiger partial charge in [0.05, 0.1) is 0 Å². The minimum Gasteiger partial charge on any atom is -0.328 e. The van der Waals surface area contributed by atoms with Crippen LogP contribution in [0, 0.1) is 6.92 Å². The van der Waals surface area contributed by atoms with Crippen molar-refractivity contribution in [1.82, 2.24) is 4.98 Å². The van der Waals surface area contributed by atoms with Gasteiger partial charge in [-0.25, -0.2) is 0 Å². The fourth-order valence-corrected chi connectivity index (χ4v) is 2.08. The molecule has 0 aliphatic rings. The summed E-state index contributed by atoms with van der Waals surface area (Å²) in [5.41, 5.74) is 1.08. The number of aromatic amines is 1. The molecule has 0 atom stereocenters. The number of fused-ring (bicyclic) bond motifs is 1. The van der Waals surface area contributed by atoms with E-state index in [1.807, 2.05) is 19.1 Å². The molecule has 0 spiro atoms. The number of nitrogens with one attached hydrogen (secondary N) is 1. The quantitative estimate of drug-likeness (QED) is 0.751. The molecule has 1 aromatic carbocycles. The van der Waals surface area contributed by atoms with Crippen LogP contribution in [0.25, 0.3) is 10.8 Å². The van der Waals surface area contributed by atoms with Gasteiger partial charge in [-0.3, -0.25) is 4.79 Å². The molecular formula is C10H8BrNO. The summed E-state index contributed by atoms with van der Waals surface area (Å²) in [6.45, 7) is 2.01. The molecule has 3 heteroatoms. The maximum Gasteiger partial charge on any atom is 0.248 e. The maximum absolute atomic E-state index is 11.0. The molecule has 2 rings (SSSR count). The first-order valence-electron chi connectivity index (χ1n) is 3.95. The summed E-state index contributed by atoms with van der Waals surface area (Å²) in [6, 6.07) is 5.63. The fraction of sp³-hybridized carbons (Fsp3) is 0.100. The summed E-state index contributed by atoms with van der Waals surface area (Å²) in [5, 5.41) is 2.00. The number of hydrogen-bond acceptors (Lipinski definition) is 1. The predicted molar refractivity (Wildman–Crippen MR) is 57.0 cm³/mol. The Balaban J connectivity index is 2.94. The van der Waals surface area contributed by atoms with Crippen molar-refractivity contribution in [1.29, 1.82) is 0 Å². The number of aromatic nitrogens is 1. The molecule has 0 bridgehead atoms. The summed E-state index contributed by atoms with van der Waals surface area (Å²) in [4.78, 5) is 13.7. The highest BCUT2D eigenvalue weighted by atomic mass is 79.9. The van der Waals surface area contributed by atoms with E-state index in [0.29, 0.717) is 0 Å². The maximum atomic E-state index is 11.0. The van der Waals surface area contributed by atoms with Crippen LogP contribution in [0.4, 0.5) is 0 Å². The Kier molecular flexibility index (Phi) is 1.96. The number of benzene rings is 1. The zero-order valence-corrected chi connectivity index (χ0v) is 8.68. The van der Waals surface area contributed by atoms with E-state index in [1.165, 1.54) is 0 Å². The molecule has 66 valence electrons. The molecule has 2 nitrogen and oxygen atoms in total. The van der Waals surface area contributed by atoms with Gasteiger partial charge in [-0.05, 0) is 23.9 Å². The molecule has 0 aliphatic carbocycles. The van der Waals surface area contributed by atoms with Crippen LogP contribution in [0.15, 0.2) is 33.7 Å². The second-order valence-electron chi connectivity index (χ2n) is 3.05. The summed E-state index contributed by atoms with van der Waals surface area (Å²) >= 11 is 3.45. The highest BCUT2D eigenvalue weighted by Gasteiger charge is 1.99. The van der Waals surface area contributed by atoms with Crippen LogP contribution >= 0.6 is 15.9 Å². The van der Waals surface area contributed by atoms with E-state index in [4.69, 9.17) is 0 Å². The standard InChI is InChI=1S/C10H8BrNO/c1-6-2-7-4-10(13)12-5-8(7)9(11)3-6/h2-5H,1H3,(H,12,13). The Morgan fingerprint density at radius 3 is 2.85 bits per heavy atom. The molecule has 2 aromatic rings. The lowest BCUT2D eigenvalue weighted by Crippen LogP contribution is -2.01. The van der Waals surface area contributed by atoms with E-state index in [-0.39, 0.29) is 5.56 Å². The second kappa shape index (κ2) is 3.00. The van der Waals surface area contributed by atoms with Crippen molar-refractivity contribution in [2.24, 2.45) is 0 Å². The third kappa shape index (κ3) is 1.52. The number of aryl methyl sites for hydroxylation is 1. The topological polar surface area (TPSA) is 32.9 Å². The van der Waals surface area contributed by atoms with Gasteiger partial charge in [0.25, 0.3) is 0 Å². The lowest BCUT2D eigenvalue weighted by Gasteiger charge is -2.01. The SMILES string of the molecule is Cc1cc(Br)c2c[nH]c(=O)cc2c1. The van der Waals surface area contributed by atoms with Crippen molar-refractivity contribution in [3.05, 3.63) is 44.8 Å². The molecule has 1 N–H and O–H groups in total. The van der Waals surface area contributed by atoms with Crippen LogP contribution in [0.1, 0.15) is 5.56 Å². The normalized spacial score (nSPS) is 10.6. The summed E-state index contributed by atoms with van der Waals surface area (Å²) in [5.74, 6) is 0. The summed E-state index contributed by atoms with van der Waals surface area (Å²) in [7, 11) is 0. The van der Waals surface area contributed by atoms with Gasteiger partial charge >= 0.3 is 0 Å². The fourth-order valence-electron chi connectivity index (χ4n) is 1.38. The first kappa shape index (κ1) is 8.51. The summed E-state index contributed by atoms with van der Waals surface area (Å²) in [6.07, 6.45) is 1.72. The molecule has 0 saturated carbocycles. The number of pyridine rings is 1. The van der Waals surface area contributed by atoms with Gasteiger partial charge in [0.1, 0.15) is 0 Å². The molecule has 13 heavy (non-hydrogen) atoms. The van der Waals surface area contributed by atoms with Crippen molar-refractivity contribution in [2.75, 3.05) is 0 Å². The van der Waals surface area contributed by atoms with Gasteiger partial charge in [-0.15, -0.1) is 0 Å². The highest BCUT2D eigenvalue weighted by Crippen LogP contribution is 2.23. The van der Waals surface area contributed by atoms with Crippen molar-refractivity contribution in [2.45, 2.75) is 6.92 Å². The molecule has 0 aliphatic heterocycles. The van der Waals surface area contributed by atoms with E-state index in [9.17, 15) is 4.79 Å². The Bertz CT molecular complexity index is 516. The molecule has 1 aromatic heterocycles. The van der Waals surface area contributed by atoms with Crippen LogP contribution in [-0.4, -0.2) is 4.98 Å². The first-order valence-corrected chi connectivity index (χ1v) is 4.75. The van der Waals surface area contributed by atoms with Crippen LogP contribution in [0.5, 0.6) is 0 Å².